The zero-order valence-electron chi connectivity index (χ0n) is 13.7. The fourth-order valence-corrected chi connectivity index (χ4v) is 2.53. The van der Waals surface area contributed by atoms with Crippen LogP contribution >= 0.6 is 0 Å². The number of rotatable bonds is 7. The van der Waals surface area contributed by atoms with Crippen LogP contribution in [0.4, 0.5) is 4.39 Å². The minimum absolute atomic E-state index is 0.146. The normalized spacial score (nSPS) is 15.1. The zero-order valence-corrected chi connectivity index (χ0v) is 13.7. The lowest BCUT2D eigenvalue weighted by atomic mass is 9.84. The molecule has 0 amide bonds. The maximum Gasteiger partial charge on any atom is 0.123 e. The molecule has 2 unspecified atom stereocenters. The Morgan fingerprint density at radius 3 is 2.25 bits per heavy atom. The summed E-state index contributed by atoms with van der Waals surface area (Å²) in [6.45, 7) is 12.2. The minimum Gasteiger partial charge on any atom is -0.312 e. The fraction of sp³-hybridized carbons (Fsp3) is 0.667. The van der Waals surface area contributed by atoms with E-state index in [1.54, 1.807) is 12.1 Å². The molecule has 1 N–H and O–H groups in total. The first kappa shape index (κ1) is 17.2. The molecule has 20 heavy (non-hydrogen) atoms. The SMILES string of the molecule is CCCC(C)C(CNC(C)(C)C)Cc1ccc(F)cc1. The van der Waals surface area contributed by atoms with Crippen molar-refractivity contribution < 1.29 is 4.39 Å². The molecule has 0 aromatic heterocycles. The monoisotopic (exact) mass is 279 g/mol. The van der Waals surface area contributed by atoms with Crippen molar-refractivity contribution in [3.05, 3.63) is 35.6 Å². The van der Waals surface area contributed by atoms with Crippen LogP contribution in [0.2, 0.25) is 0 Å². The summed E-state index contributed by atoms with van der Waals surface area (Å²) in [6, 6.07) is 6.96. The number of halogens is 1. The summed E-state index contributed by atoms with van der Waals surface area (Å²) < 4.78 is 13.0. The van der Waals surface area contributed by atoms with Crippen molar-refractivity contribution in [1.82, 2.24) is 5.32 Å². The molecule has 0 aliphatic heterocycles. The molecule has 1 aromatic rings. The second kappa shape index (κ2) is 7.78. The molecule has 0 saturated heterocycles. The van der Waals surface area contributed by atoms with E-state index < -0.39 is 0 Å². The first-order valence-electron chi connectivity index (χ1n) is 7.81. The highest BCUT2D eigenvalue weighted by atomic mass is 19.1. The van der Waals surface area contributed by atoms with E-state index in [1.165, 1.54) is 18.4 Å². The minimum atomic E-state index is -0.153. The zero-order chi connectivity index (χ0) is 15.2. The molecule has 0 saturated carbocycles. The largest absolute Gasteiger partial charge is 0.312 e. The Morgan fingerprint density at radius 1 is 1.15 bits per heavy atom. The van der Waals surface area contributed by atoms with E-state index in [0.717, 1.165) is 13.0 Å². The van der Waals surface area contributed by atoms with Gasteiger partial charge in [-0.2, -0.15) is 0 Å². The molecule has 0 aliphatic carbocycles. The van der Waals surface area contributed by atoms with Gasteiger partial charge in [-0.05, 0) is 63.3 Å². The Balaban J connectivity index is 2.68. The highest BCUT2D eigenvalue weighted by Crippen LogP contribution is 2.22. The number of hydrogen-bond donors (Lipinski definition) is 1. The number of benzene rings is 1. The highest BCUT2D eigenvalue weighted by Gasteiger charge is 2.20. The second-order valence-corrected chi connectivity index (χ2v) is 6.99. The van der Waals surface area contributed by atoms with Gasteiger partial charge in [0.1, 0.15) is 5.82 Å². The lowest BCUT2D eigenvalue weighted by Gasteiger charge is -2.29. The van der Waals surface area contributed by atoms with Crippen molar-refractivity contribution >= 4 is 0 Å². The van der Waals surface area contributed by atoms with Crippen LogP contribution in [0.15, 0.2) is 24.3 Å². The smallest absolute Gasteiger partial charge is 0.123 e. The molecule has 0 aliphatic rings. The molecule has 2 heteroatoms. The van der Waals surface area contributed by atoms with Crippen LogP contribution in [0, 0.1) is 17.7 Å². The topological polar surface area (TPSA) is 12.0 Å². The number of hydrogen-bond acceptors (Lipinski definition) is 1. The van der Waals surface area contributed by atoms with Gasteiger partial charge in [-0.15, -0.1) is 0 Å². The van der Waals surface area contributed by atoms with E-state index >= 15 is 0 Å². The predicted octanol–water partition coefficient (Wildman–Crippen LogP) is 4.81. The van der Waals surface area contributed by atoms with E-state index in [2.05, 4.69) is 39.9 Å². The fourth-order valence-electron chi connectivity index (χ4n) is 2.53. The van der Waals surface area contributed by atoms with Gasteiger partial charge in [0.25, 0.3) is 0 Å². The quantitative estimate of drug-likeness (QED) is 0.755. The summed E-state index contributed by atoms with van der Waals surface area (Å²) in [5, 5.41) is 3.62. The maximum absolute atomic E-state index is 13.0. The van der Waals surface area contributed by atoms with E-state index in [0.29, 0.717) is 11.8 Å². The van der Waals surface area contributed by atoms with E-state index in [9.17, 15) is 4.39 Å². The second-order valence-electron chi connectivity index (χ2n) is 6.99. The van der Waals surface area contributed by atoms with Crippen LogP contribution in [-0.2, 0) is 6.42 Å². The van der Waals surface area contributed by atoms with Crippen LogP contribution in [0.1, 0.15) is 53.0 Å². The summed E-state index contributed by atoms with van der Waals surface area (Å²) in [5.41, 5.74) is 1.38. The molecule has 114 valence electrons. The molecule has 0 heterocycles. The average Bonchev–Trinajstić information content (AvgIpc) is 2.36. The van der Waals surface area contributed by atoms with Gasteiger partial charge >= 0.3 is 0 Å². The third-order valence-electron chi connectivity index (χ3n) is 3.85. The Hall–Kier alpha value is -0.890. The average molecular weight is 279 g/mol. The van der Waals surface area contributed by atoms with Crippen LogP contribution in [0.5, 0.6) is 0 Å². The molecule has 0 radical (unpaired) electrons. The van der Waals surface area contributed by atoms with E-state index in [-0.39, 0.29) is 11.4 Å². The molecular formula is C18H30FN. The van der Waals surface area contributed by atoms with Crippen LogP contribution in [-0.4, -0.2) is 12.1 Å². The lowest BCUT2D eigenvalue weighted by molar-refractivity contribution is 0.285. The summed E-state index contributed by atoms with van der Waals surface area (Å²) >= 11 is 0. The summed E-state index contributed by atoms with van der Waals surface area (Å²) in [5.74, 6) is 1.12. The van der Waals surface area contributed by atoms with Crippen molar-refractivity contribution in [2.75, 3.05) is 6.54 Å². The van der Waals surface area contributed by atoms with E-state index in [4.69, 9.17) is 0 Å². The highest BCUT2D eigenvalue weighted by molar-refractivity contribution is 5.16. The van der Waals surface area contributed by atoms with Gasteiger partial charge in [0.05, 0.1) is 0 Å². The molecule has 2 atom stereocenters. The molecule has 1 aromatic carbocycles. The van der Waals surface area contributed by atoms with Gasteiger partial charge in [0.2, 0.25) is 0 Å². The maximum atomic E-state index is 13.0. The third kappa shape index (κ3) is 6.51. The Kier molecular flexibility index (Phi) is 6.67. The molecule has 0 fully saturated rings. The first-order valence-corrected chi connectivity index (χ1v) is 7.81. The van der Waals surface area contributed by atoms with Gasteiger partial charge in [0, 0.05) is 5.54 Å². The van der Waals surface area contributed by atoms with Crippen molar-refractivity contribution in [2.24, 2.45) is 11.8 Å². The lowest BCUT2D eigenvalue weighted by Crippen LogP contribution is -2.41. The molecule has 0 spiro atoms. The van der Waals surface area contributed by atoms with Gasteiger partial charge in [-0.3, -0.25) is 0 Å². The summed E-state index contributed by atoms with van der Waals surface area (Å²) in [6.07, 6.45) is 3.48. The Morgan fingerprint density at radius 2 is 1.75 bits per heavy atom. The standard InChI is InChI=1S/C18H30FN/c1-6-7-14(2)16(13-20-18(3,4)5)12-15-8-10-17(19)11-9-15/h8-11,14,16,20H,6-7,12-13H2,1-5H3. The summed E-state index contributed by atoms with van der Waals surface area (Å²) in [7, 11) is 0. The molecular weight excluding hydrogens is 249 g/mol. The number of nitrogens with one attached hydrogen (secondary N) is 1. The van der Waals surface area contributed by atoms with Crippen molar-refractivity contribution in [1.29, 1.82) is 0 Å². The molecule has 0 bridgehead atoms. The van der Waals surface area contributed by atoms with Crippen LogP contribution < -0.4 is 5.32 Å². The van der Waals surface area contributed by atoms with Gasteiger partial charge < -0.3 is 5.32 Å². The first-order chi connectivity index (χ1) is 9.31. The van der Waals surface area contributed by atoms with Gasteiger partial charge in [-0.25, -0.2) is 4.39 Å². The Labute approximate surface area is 124 Å². The van der Waals surface area contributed by atoms with Crippen LogP contribution in [0.3, 0.4) is 0 Å². The van der Waals surface area contributed by atoms with Crippen molar-refractivity contribution in [2.45, 2.75) is 59.4 Å². The van der Waals surface area contributed by atoms with Crippen molar-refractivity contribution in [3.63, 3.8) is 0 Å². The molecule has 1 nitrogen and oxygen atoms in total. The third-order valence-corrected chi connectivity index (χ3v) is 3.85. The Bertz CT molecular complexity index is 377. The summed E-state index contributed by atoms with van der Waals surface area (Å²) in [4.78, 5) is 0. The molecule has 1 rings (SSSR count). The van der Waals surface area contributed by atoms with Crippen molar-refractivity contribution in [3.8, 4) is 0 Å². The van der Waals surface area contributed by atoms with E-state index in [1.807, 2.05) is 12.1 Å². The van der Waals surface area contributed by atoms with Gasteiger partial charge in [-0.1, -0.05) is 38.8 Å². The predicted molar refractivity (Wildman–Crippen MR) is 85.4 cm³/mol. The van der Waals surface area contributed by atoms with Crippen LogP contribution in [0.25, 0.3) is 0 Å². The van der Waals surface area contributed by atoms with Gasteiger partial charge in [0.15, 0.2) is 0 Å².